The third kappa shape index (κ3) is 19.2. The number of ether oxygens (including phenoxy) is 2. The highest BCUT2D eigenvalue weighted by atomic mass is 35.5. The number of anilines is 2. The van der Waals surface area contributed by atoms with E-state index in [0.29, 0.717) is 83.2 Å². The number of para-hydroxylation sites is 1. The number of halogens is 2. The van der Waals surface area contributed by atoms with E-state index in [4.69, 9.17) is 29.6 Å². The first-order valence-corrected chi connectivity index (χ1v) is 36.3. The van der Waals surface area contributed by atoms with Gasteiger partial charge in [0.05, 0.1) is 56.0 Å². The average molecular weight is 1410 g/mol. The number of aromatic amines is 1. The molecule has 16 rings (SSSR count). The van der Waals surface area contributed by atoms with Crippen molar-refractivity contribution in [3.05, 3.63) is 220 Å². The molecule has 4 aromatic heterocycles. The van der Waals surface area contributed by atoms with Crippen LogP contribution in [0.1, 0.15) is 134 Å². The van der Waals surface area contributed by atoms with Gasteiger partial charge in [0.25, 0.3) is 0 Å². The Morgan fingerprint density at radius 1 is 0.670 bits per heavy atom. The fourth-order valence-electron chi connectivity index (χ4n) is 15.3. The molecule has 5 heterocycles. The van der Waals surface area contributed by atoms with Gasteiger partial charge in [-0.2, -0.15) is 5.10 Å². The molecule has 0 atom stereocenters. The molecule has 4 bridgehead atoms. The number of hydrogen-bond donors (Lipinski definition) is 2. The zero-order chi connectivity index (χ0) is 71.8. The summed E-state index contributed by atoms with van der Waals surface area (Å²) in [5, 5.41) is 38.2. The monoisotopic (exact) mass is 1410 g/mol. The molecule has 11 aromatic rings. The number of nitrogens with one attached hydrogen (secondary N) is 2. The summed E-state index contributed by atoms with van der Waals surface area (Å²) in [6.45, 7) is 15.8. The van der Waals surface area contributed by atoms with Gasteiger partial charge in [0.15, 0.2) is 5.82 Å². The molecule has 0 unspecified atom stereocenters. The van der Waals surface area contributed by atoms with Crippen molar-refractivity contribution in [1.29, 1.82) is 0 Å². The maximum absolute atomic E-state index is 13.8. The van der Waals surface area contributed by atoms with Gasteiger partial charge in [-0.05, 0) is 193 Å². The first-order chi connectivity index (χ1) is 50.1. The summed E-state index contributed by atoms with van der Waals surface area (Å²) >= 11 is 6.22. The third-order valence-electron chi connectivity index (χ3n) is 19.7. The number of carbonyl (C=O) groups excluding carboxylic acids is 1. The zero-order valence-corrected chi connectivity index (χ0v) is 61.1. The lowest BCUT2D eigenvalue weighted by Gasteiger charge is -2.57. The zero-order valence-electron chi connectivity index (χ0n) is 60.4. The number of nitrogens with zero attached hydrogens (tertiary/aromatic N) is 12. The SMILES string of the molecule is CCCOc1ccc2ccccc2c1CN(C)Cc1nnc(-c2ccccc2)o1.CCc1n[nH]c(CNc2cc(C(=O)OC)cc(F)c2C)n1.CN(Cc1nnc(-c2ccccc2Cl)o1)Cc1ccccc1N1CCCC1.Cc1ccc(-c2nnc(CN(C)CC34CC5CC(CC(C5)C3)C4)o2)cc1. The molecule has 103 heavy (non-hydrogen) atoms. The fraction of sp³-hybridized carbons (Fsp3) is 0.395. The molecule has 1 saturated heterocycles. The van der Waals surface area contributed by atoms with Gasteiger partial charge >= 0.3 is 5.97 Å². The van der Waals surface area contributed by atoms with Gasteiger partial charge in [0, 0.05) is 72.8 Å². The summed E-state index contributed by atoms with van der Waals surface area (Å²) in [6.07, 6.45) is 13.1. The van der Waals surface area contributed by atoms with E-state index >= 15 is 0 Å². The van der Waals surface area contributed by atoms with Gasteiger partial charge < -0.3 is 32.9 Å². The Labute approximate surface area is 607 Å². The number of aryl methyl sites for hydroxylation is 2. The minimum Gasteiger partial charge on any atom is -0.493 e. The number of hydrogen-bond acceptors (Lipinski definition) is 19. The Hall–Kier alpha value is -9.67. The number of rotatable bonds is 24. The highest BCUT2D eigenvalue weighted by Gasteiger charge is 2.51. The fourth-order valence-corrected chi connectivity index (χ4v) is 15.5. The van der Waals surface area contributed by atoms with E-state index < -0.39 is 11.8 Å². The lowest BCUT2D eigenvalue weighted by atomic mass is 9.49. The van der Waals surface area contributed by atoms with Crippen molar-refractivity contribution < 1.29 is 31.9 Å². The molecular weight excluding hydrogens is 1320 g/mol. The van der Waals surface area contributed by atoms with E-state index in [1.807, 2.05) is 73.7 Å². The molecule has 0 amide bonds. The van der Waals surface area contributed by atoms with Gasteiger partial charge in [0.2, 0.25) is 35.3 Å². The second kappa shape index (κ2) is 34.5. The molecule has 0 radical (unpaired) electrons. The average Bonchev–Trinajstić information content (AvgIpc) is 1.73. The summed E-state index contributed by atoms with van der Waals surface area (Å²) in [4.78, 5) is 25.0. The molecule has 22 heteroatoms. The van der Waals surface area contributed by atoms with E-state index in [0.717, 1.165) is 104 Å². The maximum atomic E-state index is 13.8. The number of methoxy groups -OCH3 is 1. The van der Waals surface area contributed by atoms with E-state index in [1.54, 1.807) is 13.0 Å². The van der Waals surface area contributed by atoms with E-state index in [2.05, 4.69) is 183 Å². The minimum atomic E-state index is -0.579. The van der Waals surface area contributed by atoms with Crippen molar-refractivity contribution in [2.75, 3.05) is 64.7 Å². The standard InChI is InChI=1S/C24H25N3O2.C22H29N3O.C21H23ClN4O.C14H17FN4O2/c1-3-15-28-22-14-13-18-9-7-8-12-20(18)21(22)16-27(2)17-23-25-26-24(29-23)19-10-5-4-6-11-19;1-15-3-5-19(6-4-15)21-24-23-20(26-21)13-25(2)14-22-10-16-7-17(11-22)9-18(8-16)12-22;1-25(14-16-8-2-5-11-19(16)26-12-6-7-13-26)15-20-23-24-21(27-20)17-9-3-4-10-18(17)22;1-4-12-17-13(19-18-12)7-16-11-6-9(14(20)21-3)5-10(15)8(11)2/h4-14H,3,15-17H2,1-2H3;3-6,16-18H,7-14H2,1-2H3;2-5,8-11H,6-7,12-15H2,1H3;5-6,16H,4,7H2,1-3H3,(H,17,18,19). The van der Waals surface area contributed by atoms with Gasteiger partial charge in [-0.3, -0.25) is 19.8 Å². The van der Waals surface area contributed by atoms with Crippen LogP contribution in [0.15, 0.2) is 165 Å². The minimum absolute atomic E-state index is 0.162. The van der Waals surface area contributed by atoms with Crippen LogP contribution in [0.4, 0.5) is 15.8 Å². The molecule has 5 fully saturated rings. The Morgan fingerprint density at radius 3 is 1.91 bits per heavy atom. The Balaban J connectivity index is 0.000000130. The van der Waals surface area contributed by atoms with Crippen LogP contribution < -0.4 is 15.0 Å². The quantitative estimate of drug-likeness (QED) is 0.0537. The van der Waals surface area contributed by atoms with Crippen molar-refractivity contribution >= 4 is 39.7 Å². The molecule has 2 N–H and O–H groups in total. The predicted octanol–water partition coefficient (Wildman–Crippen LogP) is 16.8. The summed E-state index contributed by atoms with van der Waals surface area (Å²) < 4.78 is 42.1. The second-order valence-corrected chi connectivity index (χ2v) is 28.5. The smallest absolute Gasteiger partial charge is 0.338 e. The maximum Gasteiger partial charge on any atom is 0.338 e. The van der Waals surface area contributed by atoms with Crippen LogP contribution in [0, 0.1) is 42.8 Å². The van der Waals surface area contributed by atoms with Crippen molar-refractivity contribution in [2.45, 2.75) is 131 Å². The molecule has 538 valence electrons. The molecule has 7 aromatic carbocycles. The normalized spacial score (nSPS) is 17.3. The number of fused-ring (bicyclic) bond motifs is 1. The first kappa shape index (κ1) is 73.1. The van der Waals surface area contributed by atoms with Crippen LogP contribution in [0.2, 0.25) is 5.02 Å². The van der Waals surface area contributed by atoms with Crippen LogP contribution in [-0.2, 0) is 50.4 Å². The van der Waals surface area contributed by atoms with Crippen LogP contribution in [0.25, 0.3) is 45.1 Å². The number of carbonyl (C=O) groups is 1. The first-order valence-electron chi connectivity index (χ1n) is 36.0. The lowest BCUT2D eigenvalue weighted by Crippen LogP contribution is -2.50. The van der Waals surface area contributed by atoms with E-state index in [1.165, 1.54) is 98.2 Å². The molecule has 0 spiro atoms. The molecule has 20 nitrogen and oxygen atoms in total. The molecule has 4 saturated carbocycles. The second-order valence-electron chi connectivity index (χ2n) is 28.1. The number of benzene rings is 7. The van der Waals surface area contributed by atoms with Crippen molar-refractivity contribution in [1.82, 2.24) is 60.5 Å². The van der Waals surface area contributed by atoms with Gasteiger partial charge in [-0.1, -0.05) is 122 Å². The van der Waals surface area contributed by atoms with E-state index in [9.17, 15) is 9.18 Å². The highest BCUT2D eigenvalue weighted by Crippen LogP contribution is 2.60. The van der Waals surface area contributed by atoms with Gasteiger partial charge in [0.1, 0.15) is 17.4 Å². The molecule has 1 aliphatic heterocycles. The number of H-pyrrole nitrogens is 1. The summed E-state index contributed by atoms with van der Waals surface area (Å²) in [5.41, 5.74) is 9.44. The van der Waals surface area contributed by atoms with Crippen LogP contribution in [-0.4, -0.2) is 121 Å². The lowest BCUT2D eigenvalue weighted by molar-refractivity contribution is -0.0676. The van der Waals surface area contributed by atoms with Gasteiger partial charge in [-0.25, -0.2) is 14.2 Å². The highest BCUT2D eigenvalue weighted by molar-refractivity contribution is 6.33. The Morgan fingerprint density at radius 2 is 1.26 bits per heavy atom. The molecule has 5 aliphatic rings. The predicted molar refractivity (Wildman–Crippen MR) is 399 cm³/mol. The van der Waals surface area contributed by atoms with Crippen LogP contribution in [0.3, 0.4) is 0 Å². The largest absolute Gasteiger partial charge is 0.493 e. The number of aromatic nitrogens is 9. The topological polar surface area (TPSA) is 219 Å². The van der Waals surface area contributed by atoms with Gasteiger partial charge in [-0.15, -0.1) is 30.6 Å². The van der Waals surface area contributed by atoms with Crippen LogP contribution >= 0.6 is 11.6 Å². The van der Waals surface area contributed by atoms with E-state index in [-0.39, 0.29) is 5.56 Å². The third-order valence-corrected chi connectivity index (χ3v) is 20.0. The molecular formula is C81H94ClFN14O6. The van der Waals surface area contributed by atoms with Crippen molar-refractivity contribution in [3.8, 4) is 40.1 Å². The Bertz CT molecular complexity index is 4520. The number of esters is 1. The summed E-state index contributed by atoms with van der Waals surface area (Å²) in [5.74, 6) is 7.83. The van der Waals surface area contributed by atoms with Crippen molar-refractivity contribution in [3.63, 3.8) is 0 Å². The van der Waals surface area contributed by atoms with Crippen molar-refractivity contribution in [2.24, 2.45) is 23.2 Å². The Kier molecular flexibility index (Phi) is 24.5. The van der Waals surface area contributed by atoms with Crippen LogP contribution in [0.5, 0.6) is 5.75 Å². The summed E-state index contributed by atoms with van der Waals surface area (Å²) in [6, 6.07) is 49.5. The summed E-state index contributed by atoms with van der Waals surface area (Å²) in [7, 11) is 7.60. The molecule has 4 aliphatic carbocycles.